The van der Waals surface area contributed by atoms with Gasteiger partial charge in [-0.25, -0.2) is 8.78 Å². The summed E-state index contributed by atoms with van der Waals surface area (Å²) < 4.78 is 53.6. The fourth-order valence-electron chi connectivity index (χ4n) is 1.22. The molecule has 104 valence electrons. The number of likely N-dealkylation sites (N-methyl/N-ethyl adjacent to an activating group) is 1. The summed E-state index contributed by atoms with van der Waals surface area (Å²) in [6.45, 7) is -1.47. The van der Waals surface area contributed by atoms with Gasteiger partial charge in [0, 0.05) is 4.88 Å². The highest BCUT2D eigenvalue weighted by atomic mass is 35.5. The van der Waals surface area contributed by atoms with Gasteiger partial charge in [-0.1, -0.05) is 11.6 Å². The van der Waals surface area contributed by atoms with Crippen molar-refractivity contribution in [1.82, 2.24) is 5.32 Å². The third-order valence-corrected chi connectivity index (χ3v) is 3.68. The zero-order valence-corrected chi connectivity index (χ0v) is 11.0. The number of halogens is 5. The van der Waals surface area contributed by atoms with Gasteiger partial charge in [-0.15, -0.1) is 11.3 Å². The van der Waals surface area contributed by atoms with E-state index in [9.17, 15) is 17.6 Å². The zero-order chi connectivity index (χ0) is 13.8. The molecule has 8 heteroatoms. The number of rotatable bonds is 7. The van der Waals surface area contributed by atoms with E-state index in [4.69, 9.17) is 11.6 Å². The monoisotopic (exact) mass is 305 g/mol. The molecule has 0 radical (unpaired) electrons. The number of alkyl halides is 4. The van der Waals surface area contributed by atoms with E-state index < -0.39 is 25.0 Å². The van der Waals surface area contributed by atoms with Crippen molar-refractivity contribution in [3.05, 3.63) is 21.3 Å². The first-order chi connectivity index (χ1) is 8.38. The molecule has 0 aliphatic rings. The molecule has 1 rings (SSSR count). The van der Waals surface area contributed by atoms with E-state index >= 15 is 0 Å². The fourth-order valence-corrected chi connectivity index (χ4v) is 2.50. The minimum absolute atomic E-state index is 0.154. The lowest BCUT2D eigenvalue weighted by Gasteiger charge is -2.19. The Morgan fingerprint density at radius 3 is 2.61 bits per heavy atom. The summed E-state index contributed by atoms with van der Waals surface area (Å²) in [4.78, 5) is 0.722. The normalized spacial score (nSPS) is 14.2. The number of ether oxygens (including phenoxy) is 1. The lowest BCUT2D eigenvalue weighted by atomic mass is 10.2. The van der Waals surface area contributed by atoms with E-state index in [-0.39, 0.29) is 6.61 Å². The van der Waals surface area contributed by atoms with E-state index in [1.165, 1.54) is 11.3 Å². The largest absolute Gasteiger partial charge is 0.373 e. The Morgan fingerprint density at radius 1 is 1.50 bits per heavy atom. The van der Waals surface area contributed by atoms with Crippen molar-refractivity contribution in [2.75, 3.05) is 20.3 Å². The molecule has 1 heterocycles. The second-order valence-corrected chi connectivity index (χ2v) is 4.91. The molecular formula is C10H12ClF4NOS. The van der Waals surface area contributed by atoms with Crippen LogP contribution in [0.1, 0.15) is 10.9 Å². The first kappa shape index (κ1) is 15.7. The van der Waals surface area contributed by atoms with Gasteiger partial charge in [0.05, 0.1) is 17.7 Å². The second-order valence-electron chi connectivity index (χ2n) is 3.55. The summed E-state index contributed by atoms with van der Waals surface area (Å²) in [5.74, 6) is -4.13. The van der Waals surface area contributed by atoms with Crippen molar-refractivity contribution in [2.45, 2.75) is 18.4 Å². The lowest BCUT2D eigenvalue weighted by Crippen LogP contribution is -2.34. The summed E-state index contributed by atoms with van der Waals surface area (Å²) in [7, 11) is 1.61. The molecule has 0 aromatic carbocycles. The van der Waals surface area contributed by atoms with Gasteiger partial charge in [0.1, 0.15) is 6.61 Å². The molecule has 0 bridgehead atoms. The third kappa shape index (κ3) is 4.08. The molecule has 0 saturated heterocycles. The van der Waals surface area contributed by atoms with Crippen LogP contribution in [0.25, 0.3) is 0 Å². The van der Waals surface area contributed by atoms with Crippen LogP contribution in [0, 0.1) is 0 Å². The summed E-state index contributed by atoms with van der Waals surface area (Å²) in [6, 6.07) is 1.27. The Labute approximate surface area is 111 Å². The molecule has 0 amide bonds. The molecule has 1 atom stereocenters. The van der Waals surface area contributed by atoms with Crippen LogP contribution in [0.2, 0.25) is 5.02 Å². The molecule has 0 fully saturated rings. The smallest absolute Gasteiger partial charge is 0.330 e. The number of nitrogens with one attached hydrogen (secondary N) is 1. The van der Waals surface area contributed by atoms with Crippen molar-refractivity contribution in [1.29, 1.82) is 0 Å². The molecule has 2 nitrogen and oxygen atoms in total. The summed E-state index contributed by atoms with van der Waals surface area (Å²) in [6.07, 6.45) is -3.73. The van der Waals surface area contributed by atoms with Crippen LogP contribution in [-0.4, -0.2) is 32.6 Å². The molecule has 0 spiro atoms. The third-order valence-electron chi connectivity index (χ3n) is 2.21. The van der Waals surface area contributed by atoms with Crippen molar-refractivity contribution < 1.29 is 22.3 Å². The topological polar surface area (TPSA) is 21.3 Å². The van der Waals surface area contributed by atoms with Gasteiger partial charge in [-0.05, 0) is 18.5 Å². The maximum absolute atomic E-state index is 12.6. The maximum atomic E-state index is 12.6. The number of hydrogen-bond acceptors (Lipinski definition) is 3. The molecule has 18 heavy (non-hydrogen) atoms. The van der Waals surface area contributed by atoms with Gasteiger partial charge < -0.3 is 10.1 Å². The van der Waals surface area contributed by atoms with Crippen LogP contribution in [0.15, 0.2) is 11.4 Å². The minimum Gasteiger partial charge on any atom is -0.373 e. The van der Waals surface area contributed by atoms with E-state index in [2.05, 4.69) is 10.1 Å². The van der Waals surface area contributed by atoms with E-state index in [0.717, 1.165) is 4.88 Å². The van der Waals surface area contributed by atoms with Crippen LogP contribution in [-0.2, 0) is 4.74 Å². The summed E-state index contributed by atoms with van der Waals surface area (Å²) in [5.41, 5.74) is 0. The fraction of sp³-hybridized carbons (Fsp3) is 0.600. The Kier molecular flexibility index (Phi) is 5.84. The minimum atomic E-state index is -4.13. The van der Waals surface area contributed by atoms with Crippen LogP contribution in [0.3, 0.4) is 0 Å². The van der Waals surface area contributed by atoms with Crippen molar-refractivity contribution in [3.8, 4) is 0 Å². The Balaban J connectivity index is 2.49. The molecule has 1 unspecified atom stereocenters. The molecular weight excluding hydrogens is 294 g/mol. The van der Waals surface area contributed by atoms with Crippen molar-refractivity contribution in [2.24, 2.45) is 0 Å². The summed E-state index contributed by atoms with van der Waals surface area (Å²) >= 11 is 7.22. The molecule has 0 aliphatic carbocycles. The lowest BCUT2D eigenvalue weighted by molar-refractivity contribution is -0.167. The Hall–Kier alpha value is -0.370. The second kappa shape index (κ2) is 6.70. The van der Waals surface area contributed by atoms with Crippen LogP contribution < -0.4 is 5.32 Å². The first-order valence-corrected chi connectivity index (χ1v) is 6.28. The SMILES string of the molecule is CNC(COCC(F)(F)C(F)F)c1sccc1Cl. The first-order valence-electron chi connectivity index (χ1n) is 5.02. The van der Waals surface area contributed by atoms with E-state index in [1.54, 1.807) is 18.5 Å². The average Bonchev–Trinajstić information content (AvgIpc) is 2.71. The average molecular weight is 306 g/mol. The highest BCUT2D eigenvalue weighted by molar-refractivity contribution is 7.10. The van der Waals surface area contributed by atoms with E-state index in [1.807, 2.05) is 0 Å². The van der Waals surface area contributed by atoms with E-state index in [0.29, 0.717) is 5.02 Å². The molecule has 0 aliphatic heterocycles. The highest BCUT2D eigenvalue weighted by Gasteiger charge is 2.41. The predicted octanol–water partition coefficient (Wildman–Crippen LogP) is 3.58. The van der Waals surface area contributed by atoms with Crippen LogP contribution in [0.5, 0.6) is 0 Å². The van der Waals surface area contributed by atoms with Gasteiger partial charge in [0.15, 0.2) is 0 Å². The van der Waals surface area contributed by atoms with Crippen LogP contribution in [0.4, 0.5) is 17.6 Å². The quantitative estimate of drug-likeness (QED) is 0.778. The van der Waals surface area contributed by atoms with Crippen LogP contribution >= 0.6 is 22.9 Å². The van der Waals surface area contributed by atoms with Gasteiger partial charge in [0.25, 0.3) is 0 Å². The van der Waals surface area contributed by atoms with Crippen molar-refractivity contribution in [3.63, 3.8) is 0 Å². The molecule has 1 N–H and O–H groups in total. The highest BCUT2D eigenvalue weighted by Crippen LogP contribution is 2.29. The van der Waals surface area contributed by atoms with Gasteiger partial charge in [-0.3, -0.25) is 0 Å². The molecule has 1 aromatic rings. The summed E-state index contributed by atoms with van der Waals surface area (Å²) in [5, 5.41) is 5.06. The zero-order valence-electron chi connectivity index (χ0n) is 9.43. The van der Waals surface area contributed by atoms with Crippen molar-refractivity contribution >= 4 is 22.9 Å². The molecule has 1 aromatic heterocycles. The van der Waals surface area contributed by atoms with Gasteiger partial charge in [-0.2, -0.15) is 8.78 Å². The van der Waals surface area contributed by atoms with Gasteiger partial charge in [0.2, 0.25) is 0 Å². The number of thiophene rings is 1. The predicted molar refractivity (Wildman–Crippen MR) is 62.9 cm³/mol. The molecule has 0 saturated carbocycles. The maximum Gasteiger partial charge on any atom is 0.330 e. The van der Waals surface area contributed by atoms with Gasteiger partial charge >= 0.3 is 12.3 Å². The number of hydrogen-bond donors (Lipinski definition) is 1. The Morgan fingerprint density at radius 2 is 2.17 bits per heavy atom. The Bertz CT molecular complexity index is 375. The standard InChI is InChI=1S/C10H12ClF4NOS/c1-16-7(8-6(11)2-3-18-8)4-17-5-10(14,15)9(12)13/h2-3,7,9,16H,4-5H2,1H3.